The minimum Gasteiger partial charge on any atom is -0.497 e. The van der Waals surface area contributed by atoms with Gasteiger partial charge in [0.2, 0.25) is 5.79 Å². The predicted molar refractivity (Wildman–Crippen MR) is 123 cm³/mol. The van der Waals surface area contributed by atoms with Crippen molar-refractivity contribution in [2.24, 2.45) is 23.7 Å². The van der Waals surface area contributed by atoms with Crippen molar-refractivity contribution in [1.82, 2.24) is 5.32 Å². The number of carbonyl (C=O) groups excluding carboxylic acids is 1. The molecule has 2 amide bonds. The van der Waals surface area contributed by atoms with Gasteiger partial charge in [0.25, 0.3) is 0 Å². The highest BCUT2D eigenvalue weighted by Crippen LogP contribution is 2.60. The zero-order valence-corrected chi connectivity index (χ0v) is 20.4. The number of anilines is 1. The molecule has 5 fully saturated rings. The molecule has 1 saturated carbocycles. The summed E-state index contributed by atoms with van der Waals surface area (Å²) >= 11 is 0. The second-order valence-corrected chi connectivity index (χ2v) is 10.3. The van der Waals surface area contributed by atoms with Crippen molar-refractivity contribution in [1.29, 1.82) is 0 Å². The summed E-state index contributed by atoms with van der Waals surface area (Å²) in [7, 11) is 1.60. The van der Waals surface area contributed by atoms with Crippen molar-refractivity contribution in [2.45, 2.75) is 70.4 Å². The van der Waals surface area contributed by atoms with Crippen LogP contribution in [0.25, 0.3) is 0 Å². The van der Waals surface area contributed by atoms with Gasteiger partial charge in [0, 0.05) is 30.5 Å². The maximum absolute atomic E-state index is 12.2. The van der Waals surface area contributed by atoms with Crippen molar-refractivity contribution in [3.05, 3.63) is 24.3 Å². The third kappa shape index (κ3) is 4.18. The van der Waals surface area contributed by atoms with Crippen LogP contribution in [0.5, 0.6) is 5.75 Å². The largest absolute Gasteiger partial charge is 0.497 e. The average Bonchev–Trinajstić information content (AvgIpc) is 3.06. The van der Waals surface area contributed by atoms with Gasteiger partial charge in [-0.15, -0.1) is 0 Å². The van der Waals surface area contributed by atoms with Gasteiger partial charge in [0.15, 0.2) is 18.2 Å². The molecule has 1 aromatic carbocycles. The van der Waals surface area contributed by atoms with Crippen molar-refractivity contribution < 1.29 is 33.5 Å². The van der Waals surface area contributed by atoms with Crippen LogP contribution < -0.4 is 15.4 Å². The van der Waals surface area contributed by atoms with Crippen LogP contribution in [0.1, 0.15) is 46.5 Å². The summed E-state index contributed by atoms with van der Waals surface area (Å²) in [5.74, 6) is 1.10. The average molecular weight is 477 g/mol. The summed E-state index contributed by atoms with van der Waals surface area (Å²) in [6, 6.07) is 6.86. The quantitative estimate of drug-likeness (QED) is 0.472. The third-order valence-corrected chi connectivity index (χ3v) is 8.11. The van der Waals surface area contributed by atoms with Gasteiger partial charge in [0.1, 0.15) is 5.75 Å². The first kappa shape index (κ1) is 23.8. The predicted octanol–water partition coefficient (Wildman–Crippen LogP) is 4.04. The first-order valence-electron chi connectivity index (χ1n) is 12.4. The Bertz CT molecular complexity index is 883. The Morgan fingerprint density at radius 3 is 2.68 bits per heavy atom. The highest BCUT2D eigenvalue weighted by molar-refractivity contribution is 5.89. The fraction of sp³-hybridized carbons (Fsp3) is 0.720. The molecule has 9 nitrogen and oxygen atoms in total. The third-order valence-electron chi connectivity index (χ3n) is 8.11. The summed E-state index contributed by atoms with van der Waals surface area (Å²) < 4.78 is 24.0. The lowest BCUT2D eigenvalue weighted by Gasteiger charge is -2.60. The molecule has 0 radical (unpaired) electrons. The topological polar surface area (TPSA) is 96.5 Å². The van der Waals surface area contributed by atoms with Crippen LogP contribution in [-0.2, 0) is 24.0 Å². The van der Waals surface area contributed by atoms with Gasteiger partial charge in [-0.2, -0.15) is 0 Å². The molecule has 8 atom stereocenters. The number of fused-ring (bicyclic) bond motifs is 2. The van der Waals surface area contributed by atoms with Gasteiger partial charge in [-0.3, -0.25) is 0 Å². The lowest BCUT2D eigenvalue weighted by Crippen LogP contribution is -2.70. The number of benzene rings is 1. The molecule has 4 heterocycles. The Morgan fingerprint density at radius 1 is 1.12 bits per heavy atom. The molecule has 2 bridgehead atoms. The number of urea groups is 1. The summed E-state index contributed by atoms with van der Waals surface area (Å²) in [6.07, 6.45) is 2.98. The minimum atomic E-state index is -0.802. The minimum absolute atomic E-state index is 0.106. The molecule has 1 aliphatic carbocycles. The van der Waals surface area contributed by atoms with E-state index in [-0.39, 0.29) is 17.9 Å². The highest BCUT2D eigenvalue weighted by Gasteiger charge is 2.69. The first-order chi connectivity index (χ1) is 16.3. The summed E-state index contributed by atoms with van der Waals surface area (Å²) in [5, 5.41) is 5.62. The number of carbonyl (C=O) groups is 1. The van der Waals surface area contributed by atoms with Gasteiger partial charge in [-0.25, -0.2) is 14.6 Å². The monoisotopic (exact) mass is 476 g/mol. The van der Waals surface area contributed by atoms with E-state index in [0.717, 1.165) is 31.4 Å². The zero-order chi connectivity index (χ0) is 23.9. The van der Waals surface area contributed by atoms with Crippen LogP contribution in [0.3, 0.4) is 0 Å². The van der Waals surface area contributed by atoms with Gasteiger partial charge >= 0.3 is 6.03 Å². The molecule has 4 aliphatic heterocycles. The lowest BCUT2D eigenvalue weighted by molar-refractivity contribution is -0.577. The van der Waals surface area contributed by atoms with E-state index in [1.807, 2.05) is 6.92 Å². The first-order valence-corrected chi connectivity index (χ1v) is 12.4. The van der Waals surface area contributed by atoms with Crippen molar-refractivity contribution in [2.75, 3.05) is 25.6 Å². The Morgan fingerprint density at radius 2 is 1.91 bits per heavy atom. The van der Waals surface area contributed by atoms with Gasteiger partial charge < -0.3 is 29.6 Å². The van der Waals surface area contributed by atoms with E-state index >= 15 is 0 Å². The molecule has 4 saturated heterocycles. The fourth-order valence-electron chi connectivity index (χ4n) is 6.25. The summed E-state index contributed by atoms with van der Waals surface area (Å²) in [5.41, 5.74) is 0.0924. The number of rotatable bonds is 6. The molecule has 0 aromatic heterocycles. The summed E-state index contributed by atoms with van der Waals surface area (Å²) in [6.45, 7) is 7.05. The Kier molecular flexibility index (Phi) is 6.50. The molecule has 5 aliphatic rings. The van der Waals surface area contributed by atoms with Gasteiger partial charge in [0.05, 0.1) is 13.7 Å². The van der Waals surface area contributed by atoms with Crippen molar-refractivity contribution in [3.63, 3.8) is 0 Å². The highest BCUT2D eigenvalue weighted by atomic mass is 17.3. The molecule has 6 rings (SSSR count). The molecular weight excluding hydrogens is 440 g/mol. The lowest BCUT2D eigenvalue weighted by atomic mass is 9.58. The maximum atomic E-state index is 12.2. The zero-order valence-electron chi connectivity index (χ0n) is 20.4. The Hall–Kier alpha value is -1.91. The van der Waals surface area contributed by atoms with Crippen LogP contribution in [0.2, 0.25) is 0 Å². The van der Waals surface area contributed by atoms with Gasteiger partial charge in [-0.05, 0) is 62.3 Å². The molecule has 188 valence electrons. The standard InChI is InChI=1S/C25H36N2O7/c1-15-5-10-20-16(2)21(31-22-25(20)19(15)11-12-24(3,32-22)33-34-25)30-14-13-26-23(28)27-17-6-8-18(29-4)9-7-17/h6-9,15-16,19-22H,5,10-14H2,1-4H3,(H2,26,27,28)/t15-,16-,19+,20+,21-,22-,24+,25-/m1/s1. The van der Waals surface area contributed by atoms with E-state index in [0.29, 0.717) is 30.7 Å². The van der Waals surface area contributed by atoms with Crippen LogP contribution in [0, 0.1) is 23.7 Å². The second kappa shape index (κ2) is 9.28. The molecule has 1 spiro atoms. The van der Waals surface area contributed by atoms with E-state index in [2.05, 4.69) is 24.5 Å². The van der Waals surface area contributed by atoms with Crippen molar-refractivity contribution >= 4 is 11.7 Å². The maximum Gasteiger partial charge on any atom is 0.319 e. The summed E-state index contributed by atoms with van der Waals surface area (Å²) in [4.78, 5) is 24.2. The number of methoxy groups -OCH3 is 1. The molecule has 34 heavy (non-hydrogen) atoms. The fourth-order valence-corrected chi connectivity index (χ4v) is 6.25. The number of amides is 2. The number of ether oxygens (including phenoxy) is 4. The van der Waals surface area contributed by atoms with Gasteiger partial charge in [-0.1, -0.05) is 13.8 Å². The molecule has 1 aromatic rings. The molecule has 0 unspecified atom stereocenters. The van der Waals surface area contributed by atoms with E-state index < -0.39 is 24.0 Å². The SMILES string of the molecule is COc1ccc(NC(=O)NCCO[C@@H]2O[C@@H]3O[C@]4(C)CC[C@H]5[C@H](C)CC[C@@H]([C@H]2C)[C@@]35OO4)cc1. The van der Waals surface area contributed by atoms with E-state index in [1.165, 1.54) is 0 Å². The molecule has 9 heteroatoms. The number of nitrogens with one attached hydrogen (secondary N) is 2. The van der Waals surface area contributed by atoms with E-state index in [4.69, 9.17) is 28.7 Å². The van der Waals surface area contributed by atoms with Crippen LogP contribution in [0.15, 0.2) is 24.3 Å². The number of hydrogen-bond donors (Lipinski definition) is 2. The normalized spacial score (nSPS) is 40.7. The second-order valence-electron chi connectivity index (χ2n) is 10.3. The smallest absolute Gasteiger partial charge is 0.319 e. The molecular formula is C25H36N2O7. The van der Waals surface area contributed by atoms with E-state index in [9.17, 15) is 4.79 Å². The van der Waals surface area contributed by atoms with Crippen LogP contribution >= 0.6 is 0 Å². The molecule has 2 N–H and O–H groups in total. The van der Waals surface area contributed by atoms with Crippen LogP contribution in [0.4, 0.5) is 10.5 Å². The Labute approximate surface area is 200 Å². The Balaban J connectivity index is 1.17. The van der Waals surface area contributed by atoms with E-state index in [1.54, 1.807) is 31.4 Å². The van der Waals surface area contributed by atoms with Crippen molar-refractivity contribution in [3.8, 4) is 5.75 Å². The van der Waals surface area contributed by atoms with Crippen LogP contribution in [-0.4, -0.2) is 50.3 Å². The number of hydrogen-bond acceptors (Lipinski definition) is 7.